The van der Waals surface area contributed by atoms with Gasteiger partial charge in [-0.2, -0.15) is 0 Å². The van der Waals surface area contributed by atoms with Crippen LogP contribution in [0.1, 0.15) is 34.1 Å². The molecule has 0 amide bonds. The zero-order valence-corrected chi connectivity index (χ0v) is 16.7. The number of carbonyl (C=O) groups is 1. The molecule has 0 bridgehead atoms. The van der Waals surface area contributed by atoms with E-state index in [4.69, 9.17) is 17.3 Å². The Kier molecular flexibility index (Phi) is 4.90. The SMILES string of the molecule is C[C@@H]1CCc2c(sc3nc(SCC(=O)c4ccc(Cl)cc4)nc(N)c23)C1. The summed E-state index contributed by atoms with van der Waals surface area (Å²) in [6, 6.07) is 6.91. The van der Waals surface area contributed by atoms with Crippen LogP contribution in [0, 0.1) is 5.92 Å². The summed E-state index contributed by atoms with van der Waals surface area (Å²) in [5.41, 5.74) is 8.20. The van der Waals surface area contributed by atoms with Crippen LogP contribution in [-0.4, -0.2) is 21.5 Å². The maximum absolute atomic E-state index is 12.3. The van der Waals surface area contributed by atoms with Crippen LogP contribution < -0.4 is 5.73 Å². The Hall–Kier alpha value is -1.63. The molecule has 2 aromatic heterocycles. The molecule has 1 atom stereocenters. The van der Waals surface area contributed by atoms with Gasteiger partial charge in [0.2, 0.25) is 0 Å². The Balaban J connectivity index is 1.56. The highest BCUT2D eigenvalue weighted by molar-refractivity contribution is 7.99. The minimum atomic E-state index is 0.0215. The molecule has 4 rings (SSSR count). The molecule has 0 radical (unpaired) electrons. The van der Waals surface area contributed by atoms with Crippen molar-refractivity contribution in [3.05, 3.63) is 45.3 Å². The van der Waals surface area contributed by atoms with Crippen LogP contribution in [0.2, 0.25) is 5.02 Å². The predicted molar refractivity (Wildman–Crippen MR) is 110 cm³/mol. The number of fused-ring (bicyclic) bond motifs is 3. The highest BCUT2D eigenvalue weighted by Gasteiger charge is 2.23. The number of thioether (sulfide) groups is 1. The van der Waals surface area contributed by atoms with E-state index in [1.165, 1.54) is 28.6 Å². The maximum Gasteiger partial charge on any atom is 0.191 e. The normalized spacial score (nSPS) is 16.6. The van der Waals surface area contributed by atoms with E-state index in [0.29, 0.717) is 27.5 Å². The fraction of sp³-hybridized carbons (Fsp3) is 0.316. The molecule has 0 fully saturated rings. The van der Waals surface area contributed by atoms with E-state index >= 15 is 0 Å². The van der Waals surface area contributed by atoms with Crippen molar-refractivity contribution < 1.29 is 4.79 Å². The Morgan fingerprint density at radius 1 is 1.35 bits per heavy atom. The van der Waals surface area contributed by atoms with E-state index in [0.717, 1.165) is 23.1 Å². The number of benzene rings is 1. The van der Waals surface area contributed by atoms with Crippen LogP contribution in [0.5, 0.6) is 0 Å². The fourth-order valence-electron chi connectivity index (χ4n) is 3.26. The third-order valence-electron chi connectivity index (χ3n) is 4.66. The van der Waals surface area contributed by atoms with Gasteiger partial charge in [-0.25, -0.2) is 9.97 Å². The number of hydrogen-bond donors (Lipinski definition) is 1. The number of halogens is 1. The van der Waals surface area contributed by atoms with Crippen molar-refractivity contribution in [2.75, 3.05) is 11.5 Å². The summed E-state index contributed by atoms with van der Waals surface area (Å²) >= 11 is 8.91. The molecule has 1 aliphatic carbocycles. The monoisotopic (exact) mass is 403 g/mol. The molecule has 0 spiro atoms. The number of aryl methyl sites for hydroxylation is 1. The molecule has 7 heteroatoms. The van der Waals surface area contributed by atoms with Crippen molar-refractivity contribution in [2.24, 2.45) is 5.92 Å². The number of ketones is 1. The standard InChI is InChI=1S/C19H18ClN3OS2/c1-10-2-7-13-15(8-10)26-18-16(13)17(21)22-19(23-18)25-9-14(24)11-3-5-12(20)6-4-11/h3-6,10H,2,7-9H2,1H3,(H2,21,22,23)/t10-/m1/s1. The smallest absolute Gasteiger partial charge is 0.191 e. The molecule has 4 nitrogen and oxygen atoms in total. The number of rotatable bonds is 4. The second-order valence-electron chi connectivity index (χ2n) is 6.64. The van der Waals surface area contributed by atoms with Gasteiger partial charge < -0.3 is 5.73 Å². The lowest BCUT2D eigenvalue weighted by molar-refractivity contribution is 0.102. The Labute approximate surface area is 165 Å². The second-order valence-corrected chi connectivity index (χ2v) is 9.10. The van der Waals surface area contributed by atoms with Crippen LogP contribution in [0.15, 0.2) is 29.4 Å². The molecule has 0 saturated heterocycles. The van der Waals surface area contributed by atoms with Crippen molar-refractivity contribution >= 4 is 56.5 Å². The van der Waals surface area contributed by atoms with E-state index in [2.05, 4.69) is 16.9 Å². The number of carbonyl (C=O) groups excluding carboxylic acids is 1. The van der Waals surface area contributed by atoms with Crippen LogP contribution in [0.25, 0.3) is 10.2 Å². The van der Waals surface area contributed by atoms with Gasteiger partial charge in [0.15, 0.2) is 10.9 Å². The number of hydrogen-bond acceptors (Lipinski definition) is 6. The highest BCUT2D eigenvalue weighted by atomic mass is 35.5. The summed E-state index contributed by atoms with van der Waals surface area (Å²) in [4.78, 5) is 23.8. The Bertz CT molecular complexity index is 985. The first-order valence-corrected chi connectivity index (χ1v) is 10.7. The molecule has 1 aliphatic rings. The fourth-order valence-corrected chi connectivity index (χ4v) is 5.58. The van der Waals surface area contributed by atoms with Gasteiger partial charge >= 0.3 is 0 Å². The van der Waals surface area contributed by atoms with Gasteiger partial charge in [-0.15, -0.1) is 11.3 Å². The Morgan fingerprint density at radius 3 is 2.88 bits per heavy atom. The zero-order valence-electron chi connectivity index (χ0n) is 14.3. The van der Waals surface area contributed by atoms with Crippen molar-refractivity contribution in [1.82, 2.24) is 9.97 Å². The molecule has 0 aliphatic heterocycles. The molecule has 26 heavy (non-hydrogen) atoms. The van der Waals surface area contributed by atoms with Gasteiger partial charge in [-0.3, -0.25) is 4.79 Å². The van der Waals surface area contributed by atoms with Crippen LogP contribution in [0.4, 0.5) is 5.82 Å². The summed E-state index contributed by atoms with van der Waals surface area (Å²) < 4.78 is 0. The third-order valence-corrected chi connectivity index (χ3v) is 6.91. The van der Waals surface area contributed by atoms with Crippen LogP contribution in [-0.2, 0) is 12.8 Å². The van der Waals surface area contributed by atoms with Crippen LogP contribution in [0.3, 0.4) is 0 Å². The van der Waals surface area contributed by atoms with Crippen molar-refractivity contribution in [2.45, 2.75) is 31.3 Å². The number of nitrogens with zero attached hydrogens (tertiary/aromatic N) is 2. The van der Waals surface area contributed by atoms with Crippen molar-refractivity contribution in [1.29, 1.82) is 0 Å². The molecule has 0 unspecified atom stereocenters. The van der Waals surface area contributed by atoms with E-state index in [1.54, 1.807) is 35.6 Å². The molecule has 0 saturated carbocycles. The van der Waals surface area contributed by atoms with Gasteiger partial charge in [0, 0.05) is 15.5 Å². The van der Waals surface area contributed by atoms with Crippen molar-refractivity contribution in [3.63, 3.8) is 0 Å². The number of anilines is 1. The molecule has 2 heterocycles. The van der Waals surface area contributed by atoms with Gasteiger partial charge in [-0.05, 0) is 55.0 Å². The van der Waals surface area contributed by atoms with E-state index in [-0.39, 0.29) is 11.5 Å². The average Bonchev–Trinajstić information content (AvgIpc) is 2.98. The first kappa shape index (κ1) is 17.8. The summed E-state index contributed by atoms with van der Waals surface area (Å²) in [6.45, 7) is 2.28. The summed E-state index contributed by atoms with van der Waals surface area (Å²) in [5, 5.41) is 2.20. The molecule has 3 aromatic rings. The van der Waals surface area contributed by atoms with Gasteiger partial charge in [0.1, 0.15) is 10.6 Å². The van der Waals surface area contributed by atoms with E-state index < -0.39 is 0 Å². The minimum absolute atomic E-state index is 0.0215. The van der Waals surface area contributed by atoms with Gasteiger partial charge in [-0.1, -0.05) is 30.3 Å². The Morgan fingerprint density at radius 2 is 2.12 bits per heavy atom. The van der Waals surface area contributed by atoms with E-state index in [1.807, 2.05) is 0 Å². The number of aromatic nitrogens is 2. The summed E-state index contributed by atoms with van der Waals surface area (Å²) in [5.74, 6) is 1.53. The van der Waals surface area contributed by atoms with Gasteiger partial charge in [0.25, 0.3) is 0 Å². The topological polar surface area (TPSA) is 68.9 Å². The molecule has 134 valence electrons. The average molecular weight is 404 g/mol. The lowest BCUT2D eigenvalue weighted by atomic mass is 9.89. The van der Waals surface area contributed by atoms with Crippen molar-refractivity contribution in [3.8, 4) is 0 Å². The maximum atomic E-state index is 12.3. The molecular formula is C19H18ClN3OS2. The lowest BCUT2D eigenvalue weighted by Gasteiger charge is -2.17. The third kappa shape index (κ3) is 3.46. The largest absolute Gasteiger partial charge is 0.383 e. The minimum Gasteiger partial charge on any atom is -0.383 e. The zero-order chi connectivity index (χ0) is 18.3. The molecule has 2 N–H and O–H groups in total. The molecule has 1 aromatic carbocycles. The number of nitrogen functional groups attached to an aromatic ring is 1. The van der Waals surface area contributed by atoms with E-state index in [9.17, 15) is 4.79 Å². The van der Waals surface area contributed by atoms with Crippen LogP contribution >= 0.6 is 34.7 Å². The predicted octanol–water partition coefficient (Wildman–Crippen LogP) is 5.03. The lowest BCUT2D eigenvalue weighted by Crippen LogP contribution is -2.09. The van der Waals surface area contributed by atoms with Gasteiger partial charge in [0.05, 0.1) is 11.1 Å². The molecular weight excluding hydrogens is 386 g/mol. The quantitative estimate of drug-likeness (QED) is 0.376. The number of nitrogens with two attached hydrogens (primary N) is 1. The second kappa shape index (κ2) is 7.18. The first-order chi connectivity index (χ1) is 12.5. The number of thiophene rings is 1. The summed E-state index contributed by atoms with van der Waals surface area (Å²) in [7, 11) is 0. The first-order valence-electron chi connectivity index (χ1n) is 8.50. The number of Topliss-reactive ketones (excluding diaryl/α,β-unsaturated/α-hetero) is 1. The highest BCUT2D eigenvalue weighted by Crippen LogP contribution is 2.39. The summed E-state index contributed by atoms with van der Waals surface area (Å²) in [6.07, 6.45) is 3.32.